The van der Waals surface area contributed by atoms with Crippen LogP contribution in [0.3, 0.4) is 0 Å². The topological polar surface area (TPSA) is 76.5 Å². The minimum Gasteiger partial charge on any atom is -0.497 e. The highest BCUT2D eigenvalue weighted by molar-refractivity contribution is 6.42. The molecule has 0 fully saturated rings. The minimum absolute atomic E-state index is 0.143. The second-order valence-corrected chi connectivity index (χ2v) is 9.96. The Morgan fingerprint density at radius 1 is 0.974 bits per heavy atom. The van der Waals surface area contributed by atoms with Crippen LogP contribution in [0.1, 0.15) is 24.2 Å². The van der Waals surface area contributed by atoms with Crippen LogP contribution in [-0.4, -0.2) is 46.7 Å². The lowest BCUT2D eigenvalue weighted by Gasteiger charge is -2.24. The van der Waals surface area contributed by atoms with E-state index in [1.54, 1.807) is 23.9 Å². The van der Waals surface area contributed by atoms with Crippen molar-refractivity contribution >= 4 is 40.8 Å². The van der Waals surface area contributed by atoms with Crippen molar-refractivity contribution in [2.75, 3.05) is 25.5 Å². The number of aromatic nitrogens is 2. The summed E-state index contributed by atoms with van der Waals surface area (Å²) in [6.07, 6.45) is 0. The van der Waals surface area contributed by atoms with Crippen LogP contribution in [0.15, 0.2) is 78.9 Å². The number of benzene rings is 3. The van der Waals surface area contributed by atoms with E-state index >= 15 is 0 Å². The molecule has 0 spiro atoms. The average Bonchev–Trinajstić information content (AvgIpc) is 3.33. The van der Waals surface area contributed by atoms with Crippen molar-refractivity contribution in [3.63, 3.8) is 0 Å². The second-order valence-electron chi connectivity index (χ2n) is 9.15. The van der Waals surface area contributed by atoms with Crippen molar-refractivity contribution in [2.45, 2.75) is 13.8 Å². The predicted molar refractivity (Wildman–Crippen MR) is 151 cm³/mol. The first-order valence-corrected chi connectivity index (χ1v) is 12.8. The quantitative estimate of drug-likeness (QED) is 0.255. The third-order valence-electron chi connectivity index (χ3n) is 5.74. The smallest absolute Gasteiger partial charge is 0.254 e. The highest BCUT2D eigenvalue weighted by Crippen LogP contribution is 2.26. The monoisotopic (exact) mass is 550 g/mol. The van der Waals surface area contributed by atoms with Gasteiger partial charge in [-0.05, 0) is 48.4 Å². The van der Waals surface area contributed by atoms with Gasteiger partial charge in [0.2, 0.25) is 5.91 Å². The minimum atomic E-state index is -0.353. The van der Waals surface area contributed by atoms with Crippen molar-refractivity contribution < 1.29 is 14.3 Å². The van der Waals surface area contributed by atoms with Gasteiger partial charge in [-0.15, -0.1) is 0 Å². The average molecular weight is 551 g/mol. The number of amides is 2. The molecule has 2 amide bonds. The summed E-state index contributed by atoms with van der Waals surface area (Å²) < 4.78 is 6.93. The van der Waals surface area contributed by atoms with Crippen molar-refractivity contribution in [3.05, 3.63) is 94.5 Å². The maximum Gasteiger partial charge on any atom is 0.254 e. The van der Waals surface area contributed by atoms with Crippen molar-refractivity contribution in [1.82, 2.24) is 14.7 Å². The molecular formula is C29H28Cl2N4O3. The van der Waals surface area contributed by atoms with Gasteiger partial charge in [0.15, 0.2) is 0 Å². The zero-order chi connectivity index (χ0) is 27.2. The molecule has 4 rings (SSSR count). The molecule has 38 heavy (non-hydrogen) atoms. The summed E-state index contributed by atoms with van der Waals surface area (Å²) in [6, 6.07) is 23.6. The Bertz CT molecular complexity index is 1420. The van der Waals surface area contributed by atoms with Gasteiger partial charge in [0, 0.05) is 23.7 Å². The molecule has 3 aromatic carbocycles. The lowest BCUT2D eigenvalue weighted by Crippen LogP contribution is -2.40. The fraction of sp³-hybridized carbons (Fsp3) is 0.207. The van der Waals surface area contributed by atoms with Crippen LogP contribution >= 0.6 is 23.2 Å². The molecule has 0 aliphatic carbocycles. The molecule has 0 atom stereocenters. The molecule has 0 unspecified atom stereocenters. The van der Waals surface area contributed by atoms with E-state index in [9.17, 15) is 9.59 Å². The summed E-state index contributed by atoms with van der Waals surface area (Å²) in [4.78, 5) is 28.1. The normalized spacial score (nSPS) is 10.9. The summed E-state index contributed by atoms with van der Waals surface area (Å²) in [5.41, 5.74) is 2.71. The van der Waals surface area contributed by atoms with Crippen LogP contribution in [0.4, 0.5) is 5.82 Å². The third-order valence-corrected chi connectivity index (χ3v) is 6.48. The van der Waals surface area contributed by atoms with E-state index in [1.807, 2.05) is 74.5 Å². The van der Waals surface area contributed by atoms with Crippen LogP contribution in [-0.2, 0) is 4.79 Å². The largest absolute Gasteiger partial charge is 0.497 e. The molecule has 1 heterocycles. The first-order valence-electron chi connectivity index (χ1n) is 12.1. The molecule has 1 N–H and O–H groups in total. The van der Waals surface area contributed by atoms with Gasteiger partial charge >= 0.3 is 0 Å². The third kappa shape index (κ3) is 6.54. The molecule has 0 radical (unpaired) electrons. The van der Waals surface area contributed by atoms with Gasteiger partial charge in [0.1, 0.15) is 18.1 Å². The van der Waals surface area contributed by atoms with Crippen molar-refractivity contribution in [3.8, 4) is 22.7 Å². The van der Waals surface area contributed by atoms with E-state index in [4.69, 9.17) is 33.0 Å². The molecule has 0 saturated heterocycles. The van der Waals surface area contributed by atoms with Gasteiger partial charge in [-0.3, -0.25) is 9.59 Å². The molecule has 9 heteroatoms. The molecule has 0 aliphatic rings. The standard InChI is InChI=1S/C29H28Cl2N4O3/c1-19(2)17-34(29(37)21-9-14-24(30)25(31)15-21)18-28(36)32-27-16-26(20-7-5-4-6-8-20)33-35(27)22-10-12-23(38-3)13-11-22/h4-16,19H,17-18H2,1-3H3,(H,32,36). The van der Waals surface area contributed by atoms with Crippen molar-refractivity contribution in [2.24, 2.45) is 5.92 Å². The number of rotatable bonds is 9. The molecule has 4 aromatic rings. The number of nitrogens with zero attached hydrogens (tertiary/aromatic N) is 3. The Hall–Kier alpha value is -3.81. The number of hydrogen-bond donors (Lipinski definition) is 1. The van der Waals surface area contributed by atoms with Crippen LogP contribution in [0, 0.1) is 5.92 Å². The first kappa shape index (κ1) is 27.2. The maximum absolute atomic E-state index is 13.3. The highest BCUT2D eigenvalue weighted by Gasteiger charge is 2.22. The summed E-state index contributed by atoms with van der Waals surface area (Å²) in [5.74, 6) is 0.670. The molecule has 1 aromatic heterocycles. The molecule has 0 bridgehead atoms. The number of hydrogen-bond acceptors (Lipinski definition) is 4. The number of carbonyl (C=O) groups is 2. The zero-order valence-electron chi connectivity index (χ0n) is 21.3. The number of carbonyl (C=O) groups excluding carboxylic acids is 2. The number of methoxy groups -OCH3 is 1. The van der Waals surface area contributed by atoms with Crippen molar-refractivity contribution in [1.29, 1.82) is 0 Å². The lowest BCUT2D eigenvalue weighted by atomic mass is 10.1. The summed E-state index contributed by atoms with van der Waals surface area (Å²) in [5, 5.41) is 8.33. The predicted octanol–water partition coefficient (Wildman–Crippen LogP) is 6.59. The SMILES string of the molecule is COc1ccc(-n2nc(-c3ccccc3)cc2NC(=O)CN(CC(C)C)C(=O)c2ccc(Cl)c(Cl)c2)cc1. The van der Waals surface area contributed by atoms with Gasteiger partial charge in [-0.1, -0.05) is 67.4 Å². The fourth-order valence-corrected chi connectivity index (χ4v) is 4.27. The Morgan fingerprint density at radius 3 is 2.32 bits per heavy atom. The number of ether oxygens (including phenoxy) is 1. The van der Waals surface area contributed by atoms with Crippen LogP contribution in [0.2, 0.25) is 10.0 Å². The van der Waals surface area contributed by atoms with Gasteiger partial charge in [-0.2, -0.15) is 5.10 Å². The fourth-order valence-electron chi connectivity index (χ4n) is 3.97. The summed E-state index contributed by atoms with van der Waals surface area (Å²) in [6.45, 7) is 4.21. The van der Waals surface area contributed by atoms with E-state index in [1.165, 1.54) is 11.0 Å². The van der Waals surface area contributed by atoms with E-state index in [2.05, 4.69) is 5.32 Å². The number of nitrogens with one attached hydrogen (secondary N) is 1. The van der Waals surface area contributed by atoms with E-state index in [-0.39, 0.29) is 29.3 Å². The van der Waals surface area contributed by atoms with Gasteiger partial charge in [0.05, 0.1) is 28.5 Å². The van der Waals surface area contributed by atoms with Gasteiger partial charge in [-0.25, -0.2) is 4.68 Å². The Morgan fingerprint density at radius 2 is 1.68 bits per heavy atom. The number of anilines is 1. The Labute approximate surface area is 231 Å². The number of halogens is 2. The van der Waals surface area contributed by atoms with E-state index < -0.39 is 0 Å². The first-order chi connectivity index (χ1) is 18.2. The van der Waals surface area contributed by atoms with Crippen LogP contribution in [0.5, 0.6) is 5.75 Å². The van der Waals surface area contributed by atoms with Crippen LogP contribution in [0.25, 0.3) is 16.9 Å². The summed E-state index contributed by atoms with van der Waals surface area (Å²) >= 11 is 12.1. The summed E-state index contributed by atoms with van der Waals surface area (Å²) in [7, 11) is 1.60. The molecule has 0 saturated carbocycles. The second kappa shape index (κ2) is 12.2. The Kier molecular flexibility index (Phi) is 8.71. The van der Waals surface area contributed by atoms with Crippen LogP contribution < -0.4 is 10.1 Å². The van der Waals surface area contributed by atoms with E-state index in [0.717, 1.165) is 11.3 Å². The molecule has 7 nitrogen and oxygen atoms in total. The lowest BCUT2D eigenvalue weighted by molar-refractivity contribution is -0.117. The van der Waals surface area contributed by atoms with Gasteiger partial charge in [0.25, 0.3) is 5.91 Å². The molecular weight excluding hydrogens is 523 g/mol. The Balaban J connectivity index is 1.61. The zero-order valence-corrected chi connectivity index (χ0v) is 22.8. The van der Waals surface area contributed by atoms with E-state index in [0.29, 0.717) is 34.4 Å². The molecule has 196 valence electrons. The maximum atomic E-state index is 13.3. The van der Waals surface area contributed by atoms with Gasteiger partial charge < -0.3 is 15.0 Å². The highest BCUT2D eigenvalue weighted by atomic mass is 35.5. The molecule has 0 aliphatic heterocycles.